The van der Waals surface area contributed by atoms with Crippen LogP contribution in [0.15, 0.2) is 77.2 Å². The molecule has 8 heteroatoms. The topological polar surface area (TPSA) is 116 Å². The molecule has 0 spiro atoms. The van der Waals surface area contributed by atoms with Crippen LogP contribution in [0, 0.1) is 0 Å². The van der Waals surface area contributed by atoms with Crippen LogP contribution in [0.4, 0.5) is 11.4 Å². The minimum Gasteiger partial charge on any atom is -0.497 e. The maximum atomic E-state index is 12.4. The number of carbonyl (C=O) groups is 2. The first-order chi connectivity index (χ1) is 16.5. The molecule has 174 valence electrons. The van der Waals surface area contributed by atoms with Gasteiger partial charge in [0.15, 0.2) is 5.76 Å². The summed E-state index contributed by atoms with van der Waals surface area (Å²) in [7, 11) is 1.58. The Labute approximate surface area is 196 Å². The van der Waals surface area contributed by atoms with Crippen molar-refractivity contribution in [2.75, 3.05) is 31.3 Å². The number of nitrogen functional groups attached to an aromatic ring is 1. The van der Waals surface area contributed by atoms with E-state index in [2.05, 4.69) is 10.6 Å². The fraction of sp³-hybridized carbons (Fsp3) is 0.154. The second kappa shape index (κ2) is 10.4. The second-order valence-corrected chi connectivity index (χ2v) is 7.54. The lowest BCUT2D eigenvalue weighted by Gasteiger charge is -2.09. The summed E-state index contributed by atoms with van der Waals surface area (Å²) in [6.45, 7) is 0.835. The fourth-order valence-corrected chi connectivity index (χ4v) is 3.31. The molecule has 4 N–H and O–H groups in total. The molecule has 8 nitrogen and oxygen atoms in total. The largest absolute Gasteiger partial charge is 0.497 e. The van der Waals surface area contributed by atoms with Gasteiger partial charge in [-0.15, -0.1) is 0 Å². The summed E-state index contributed by atoms with van der Waals surface area (Å²) in [6.07, 6.45) is 0.606. The van der Waals surface area contributed by atoms with E-state index >= 15 is 0 Å². The van der Waals surface area contributed by atoms with Gasteiger partial charge in [0.05, 0.1) is 25.1 Å². The molecule has 4 rings (SSSR count). The van der Waals surface area contributed by atoms with Crippen molar-refractivity contribution in [3.63, 3.8) is 0 Å². The van der Waals surface area contributed by atoms with Crippen LogP contribution in [0.5, 0.6) is 11.5 Å². The number of methoxy groups -OCH3 is 1. The SMILES string of the molecule is COc1ccc2cc(C(=O)NCCCOc3ccc(C(=O)Nc4ccccc4N)cc3)oc2c1. The Bertz CT molecular complexity index is 1300. The summed E-state index contributed by atoms with van der Waals surface area (Å²) >= 11 is 0. The zero-order valence-electron chi connectivity index (χ0n) is 18.7. The van der Waals surface area contributed by atoms with Crippen molar-refractivity contribution < 1.29 is 23.5 Å². The molecule has 0 radical (unpaired) electrons. The van der Waals surface area contributed by atoms with Gasteiger partial charge in [-0.25, -0.2) is 0 Å². The number of para-hydroxylation sites is 2. The molecule has 1 aromatic heterocycles. The van der Waals surface area contributed by atoms with Crippen molar-refractivity contribution in [2.24, 2.45) is 0 Å². The molecule has 0 saturated heterocycles. The van der Waals surface area contributed by atoms with Crippen LogP contribution in [0.3, 0.4) is 0 Å². The monoisotopic (exact) mass is 459 g/mol. The van der Waals surface area contributed by atoms with Crippen LogP contribution in [-0.2, 0) is 0 Å². The summed E-state index contributed by atoms with van der Waals surface area (Å²) in [6, 6.07) is 21.0. The minimum atomic E-state index is -0.287. The van der Waals surface area contributed by atoms with E-state index in [1.54, 1.807) is 67.8 Å². The molecule has 4 aromatic rings. The summed E-state index contributed by atoms with van der Waals surface area (Å²) in [4.78, 5) is 24.7. The van der Waals surface area contributed by atoms with Gasteiger partial charge in [0.2, 0.25) is 0 Å². The number of ether oxygens (including phenoxy) is 2. The normalized spacial score (nSPS) is 10.6. The lowest BCUT2D eigenvalue weighted by atomic mass is 10.2. The van der Waals surface area contributed by atoms with E-state index in [0.717, 1.165) is 5.39 Å². The Kier molecular flexibility index (Phi) is 6.98. The van der Waals surface area contributed by atoms with E-state index < -0.39 is 0 Å². The Morgan fingerprint density at radius 3 is 2.47 bits per heavy atom. The number of nitrogens with one attached hydrogen (secondary N) is 2. The summed E-state index contributed by atoms with van der Waals surface area (Å²) in [5.41, 5.74) is 8.02. The van der Waals surface area contributed by atoms with E-state index in [4.69, 9.17) is 19.6 Å². The van der Waals surface area contributed by atoms with Crippen LogP contribution in [0.25, 0.3) is 11.0 Å². The molecule has 0 unspecified atom stereocenters. The average Bonchev–Trinajstić information content (AvgIpc) is 3.29. The van der Waals surface area contributed by atoms with E-state index in [1.807, 2.05) is 12.1 Å². The Balaban J connectivity index is 1.21. The van der Waals surface area contributed by atoms with E-state index in [9.17, 15) is 9.59 Å². The number of fused-ring (bicyclic) bond motifs is 1. The maximum Gasteiger partial charge on any atom is 0.287 e. The summed E-state index contributed by atoms with van der Waals surface area (Å²) in [5.74, 6) is 1.00. The van der Waals surface area contributed by atoms with Crippen molar-refractivity contribution in [1.29, 1.82) is 0 Å². The molecule has 0 saturated carbocycles. The fourth-order valence-electron chi connectivity index (χ4n) is 3.31. The van der Waals surface area contributed by atoms with Crippen molar-refractivity contribution in [3.05, 3.63) is 84.1 Å². The quantitative estimate of drug-likeness (QED) is 0.251. The van der Waals surface area contributed by atoms with Crippen LogP contribution >= 0.6 is 0 Å². The number of carbonyl (C=O) groups excluding carboxylic acids is 2. The maximum absolute atomic E-state index is 12.4. The molecule has 2 amide bonds. The number of hydrogen-bond donors (Lipinski definition) is 3. The summed E-state index contributed by atoms with van der Waals surface area (Å²) in [5, 5.41) is 6.44. The van der Waals surface area contributed by atoms with Gasteiger partial charge in [-0.3, -0.25) is 9.59 Å². The van der Waals surface area contributed by atoms with Crippen molar-refractivity contribution in [3.8, 4) is 11.5 Å². The number of benzene rings is 3. The molecule has 0 aliphatic carbocycles. The molecule has 3 aromatic carbocycles. The number of hydrogen-bond acceptors (Lipinski definition) is 6. The van der Waals surface area contributed by atoms with Crippen LogP contribution in [0.2, 0.25) is 0 Å². The van der Waals surface area contributed by atoms with Gasteiger partial charge in [-0.2, -0.15) is 0 Å². The highest BCUT2D eigenvalue weighted by Crippen LogP contribution is 2.24. The van der Waals surface area contributed by atoms with Crippen LogP contribution in [-0.4, -0.2) is 32.1 Å². The van der Waals surface area contributed by atoms with E-state index in [1.165, 1.54) is 0 Å². The predicted octanol–water partition coefficient (Wildman–Crippen LogP) is 4.47. The Morgan fingerprint density at radius 2 is 1.71 bits per heavy atom. The first-order valence-corrected chi connectivity index (χ1v) is 10.8. The predicted molar refractivity (Wildman–Crippen MR) is 130 cm³/mol. The third-order valence-corrected chi connectivity index (χ3v) is 5.15. The zero-order chi connectivity index (χ0) is 23.9. The molecule has 34 heavy (non-hydrogen) atoms. The van der Waals surface area contributed by atoms with Crippen molar-refractivity contribution in [1.82, 2.24) is 5.32 Å². The number of rotatable bonds is 9. The van der Waals surface area contributed by atoms with E-state index in [-0.39, 0.29) is 17.6 Å². The van der Waals surface area contributed by atoms with Crippen LogP contribution in [0.1, 0.15) is 27.3 Å². The molecular formula is C26H25N3O5. The number of anilines is 2. The van der Waals surface area contributed by atoms with Gasteiger partial charge in [0, 0.05) is 23.6 Å². The standard InChI is InChI=1S/C26H25N3O5/c1-32-20-12-9-18-15-24(34-23(18)16-20)26(31)28-13-4-14-33-19-10-7-17(8-11-19)25(30)29-22-6-3-2-5-21(22)27/h2-3,5-12,15-16H,4,13-14,27H2,1H3,(H,28,31)(H,29,30). The molecule has 0 bridgehead atoms. The van der Waals surface area contributed by atoms with Crippen molar-refractivity contribution in [2.45, 2.75) is 6.42 Å². The first kappa shape index (κ1) is 22.7. The second-order valence-electron chi connectivity index (χ2n) is 7.54. The molecule has 0 fully saturated rings. The molecule has 1 heterocycles. The average molecular weight is 460 g/mol. The van der Waals surface area contributed by atoms with Gasteiger partial charge >= 0.3 is 0 Å². The molecule has 0 atom stereocenters. The number of amides is 2. The molecule has 0 aliphatic rings. The summed E-state index contributed by atoms with van der Waals surface area (Å²) < 4.78 is 16.5. The third kappa shape index (κ3) is 5.47. The van der Waals surface area contributed by atoms with Crippen LogP contribution < -0.4 is 25.8 Å². The van der Waals surface area contributed by atoms with Crippen molar-refractivity contribution >= 4 is 34.2 Å². The molecule has 0 aliphatic heterocycles. The highest BCUT2D eigenvalue weighted by molar-refractivity contribution is 6.05. The Morgan fingerprint density at radius 1 is 0.941 bits per heavy atom. The number of furan rings is 1. The number of nitrogens with two attached hydrogens (primary N) is 1. The van der Waals surface area contributed by atoms with Gasteiger partial charge in [-0.05, 0) is 61.0 Å². The highest BCUT2D eigenvalue weighted by Gasteiger charge is 2.12. The molecular weight excluding hydrogens is 434 g/mol. The van der Waals surface area contributed by atoms with Gasteiger partial charge in [-0.1, -0.05) is 12.1 Å². The van der Waals surface area contributed by atoms with E-state index in [0.29, 0.717) is 53.6 Å². The van der Waals surface area contributed by atoms with Gasteiger partial charge in [0.25, 0.3) is 11.8 Å². The Hall–Kier alpha value is -4.46. The third-order valence-electron chi connectivity index (χ3n) is 5.15. The van der Waals surface area contributed by atoms with Gasteiger partial charge < -0.3 is 30.3 Å². The highest BCUT2D eigenvalue weighted by atomic mass is 16.5. The lowest BCUT2D eigenvalue weighted by Crippen LogP contribution is -2.25. The smallest absolute Gasteiger partial charge is 0.287 e. The van der Waals surface area contributed by atoms with Gasteiger partial charge in [0.1, 0.15) is 17.1 Å². The minimum absolute atomic E-state index is 0.246. The lowest BCUT2D eigenvalue weighted by molar-refractivity contribution is 0.0925. The first-order valence-electron chi connectivity index (χ1n) is 10.8. The zero-order valence-corrected chi connectivity index (χ0v) is 18.7.